The Bertz CT molecular complexity index is 464. The van der Waals surface area contributed by atoms with Gasteiger partial charge in [0.1, 0.15) is 5.82 Å². The third-order valence-corrected chi connectivity index (χ3v) is 4.27. The molecule has 2 N–H and O–H groups in total. The Kier molecular flexibility index (Phi) is 4.30. The molecule has 3 rings (SSSR count). The van der Waals surface area contributed by atoms with Gasteiger partial charge in [0, 0.05) is 19.5 Å². The summed E-state index contributed by atoms with van der Waals surface area (Å²) in [5.41, 5.74) is 0. The molecule has 2 aliphatic heterocycles. The van der Waals surface area contributed by atoms with E-state index in [9.17, 15) is 4.79 Å². The quantitative estimate of drug-likeness (QED) is 0.849. The monoisotopic (exact) mass is 277 g/mol. The maximum absolute atomic E-state index is 12.1. The first-order valence-corrected chi connectivity index (χ1v) is 7.74. The van der Waals surface area contributed by atoms with Crippen LogP contribution in [-0.2, 0) is 24.3 Å². The van der Waals surface area contributed by atoms with Crippen LogP contribution in [0.4, 0.5) is 0 Å². The van der Waals surface area contributed by atoms with Gasteiger partial charge >= 0.3 is 0 Å². The van der Waals surface area contributed by atoms with Crippen molar-refractivity contribution in [2.45, 2.75) is 51.6 Å². The summed E-state index contributed by atoms with van der Waals surface area (Å²) in [4.78, 5) is 12.1. The van der Waals surface area contributed by atoms with E-state index in [4.69, 9.17) is 0 Å². The molecule has 2 aliphatic rings. The molecule has 0 saturated carbocycles. The number of fused-ring (bicyclic) bond motifs is 1. The minimum atomic E-state index is 0.107. The van der Waals surface area contributed by atoms with Gasteiger partial charge in [-0.15, -0.1) is 10.2 Å². The molecule has 1 atom stereocenters. The van der Waals surface area contributed by atoms with E-state index >= 15 is 0 Å². The van der Waals surface area contributed by atoms with E-state index in [1.165, 1.54) is 19.3 Å². The molecule has 20 heavy (non-hydrogen) atoms. The Labute approximate surface area is 119 Å². The molecule has 0 bridgehead atoms. The van der Waals surface area contributed by atoms with Crippen molar-refractivity contribution >= 4 is 5.91 Å². The molecule has 1 saturated heterocycles. The second-order valence-corrected chi connectivity index (χ2v) is 5.76. The zero-order valence-corrected chi connectivity index (χ0v) is 11.9. The Morgan fingerprint density at radius 2 is 2.25 bits per heavy atom. The van der Waals surface area contributed by atoms with Crippen LogP contribution < -0.4 is 10.6 Å². The Morgan fingerprint density at radius 1 is 1.30 bits per heavy atom. The van der Waals surface area contributed by atoms with E-state index in [0.29, 0.717) is 6.54 Å². The van der Waals surface area contributed by atoms with Crippen LogP contribution in [0.15, 0.2) is 0 Å². The van der Waals surface area contributed by atoms with Gasteiger partial charge in [-0.05, 0) is 32.2 Å². The molecule has 6 heteroatoms. The number of nitrogens with one attached hydrogen (secondary N) is 2. The van der Waals surface area contributed by atoms with E-state index in [1.54, 1.807) is 0 Å². The van der Waals surface area contributed by atoms with E-state index in [2.05, 4.69) is 25.4 Å². The number of carbonyl (C=O) groups excluding carboxylic acids is 1. The summed E-state index contributed by atoms with van der Waals surface area (Å²) >= 11 is 0. The van der Waals surface area contributed by atoms with Crippen LogP contribution in [-0.4, -0.2) is 33.8 Å². The maximum atomic E-state index is 12.1. The first kappa shape index (κ1) is 13.5. The number of aryl methyl sites for hydroxylation is 1. The van der Waals surface area contributed by atoms with Gasteiger partial charge in [-0.3, -0.25) is 4.79 Å². The van der Waals surface area contributed by atoms with Gasteiger partial charge in [-0.2, -0.15) is 0 Å². The fourth-order valence-electron chi connectivity index (χ4n) is 3.06. The zero-order valence-electron chi connectivity index (χ0n) is 11.9. The highest BCUT2D eigenvalue weighted by Gasteiger charge is 2.21. The van der Waals surface area contributed by atoms with Crippen LogP contribution in [0.2, 0.25) is 0 Å². The topological polar surface area (TPSA) is 71.8 Å². The smallest absolute Gasteiger partial charge is 0.224 e. The number of carbonyl (C=O) groups is 1. The number of piperidine rings is 1. The molecule has 1 amide bonds. The average molecular weight is 277 g/mol. The van der Waals surface area contributed by atoms with Crippen LogP contribution in [0.5, 0.6) is 0 Å². The molecule has 3 heterocycles. The SMILES string of the molecule is O=C(NCc1nnc2n1CCCCC2)C1CCCNC1. The van der Waals surface area contributed by atoms with Gasteiger partial charge in [0.2, 0.25) is 5.91 Å². The molecule has 0 spiro atoms. The molecule has 1 fully saturated rings. The standard InChI is InChI=1S/C14H23N5O/c20-14(11-5-4-7-15-9-11)16-10-13-18-17-12-6-2-1-3-8-19(12)13/h11,15H,1-10H2,(H,16,20). The lowest BCUT2D eigenvalue weighted by atomic mass is 9.99. The molecule has 110 valence electrons. The van der Waals surface area contributed by atoms with Crippen LogP contribution in [0, 0.1) is 5.92 Å². The summed E-state index contributed by atoms with van der Waals surface area (Å²) in [5, 5.41) is 14.8. The molecular weight excluding hydrogens is 254 g/mol. The molecule has 0 aromatic carbocycles. The number of amides is 1. The minimum Gasteiger partial charge on any atom is -0.349 e. The summed E-state index contributed by atoms with van der Waals surface area (Å²) in [5.74, 6) is 2.23. The van der Waals surface area contributed by atoms with Crippen LogP contribution in [0.3, 0.4) is 0 Å². The van der Waals surface area contributed by atoms with Crippen LogP contribution in [0.25, 0.3) is 0 Å². The van der Waals surface area contributed by atoms with E-state index in [0.717, 1.165) is 50.5 Å². The van der Waals surface area contributed by atoms with Gasteiger partial charge in [0.05, 0.1) is 12.5 Å². The van der Waals surface area contributed by atoms with E-state index < -0.39 is 0 Å². The van der Waals surface area contributed by atoms with Gasteiger partial charge < -0.3 is 15.2 Å². The largest absolute Gasteiger partial charge is 0.349 e. The third kappa shape index (κ3) is 3.00. The predicted molar refractivity (Wildman–Crippen MR) is 75.0 cm³/mol. The summed E-state index contributed by atoms with van der Waals surface area (Å²) in [7, 11) is 0. The molecular formula is C14H23N5O. The summed E-state index contributed by atoms with van der Waals surface area (Å²) < 4.78 is 2.19. The second kappa shape index (κ2) is 6.35. The van der Waals surface area contributed by atoms with Crippen LogP contribution in [0.1, 0.15) is 43.8 Å². The van der Waals surface area contributed by atoms with E-state index in [-0.39, 0.29) is 11.8 Å². The lowest BCUT2D eigenvalue weighted by Crippen LogP contribution is -2.40. The van der Waals surface area contributed by atoms with Crippen molar-refractivity contribution in [2.24, 2.45) is 5.92 Å². The summed E-state index contributed by atoms with van der Waals surface area (Å²) in [6.45, 7) is 3.31. The normalized spacial score (nSPS) is 22.9. The zero-order chi connectivity index (χ0) is 13.8. The van der Waals surface area contributed by atoms with Crippen molar-refractivity contribution in [1.29, 1.82) is 0 Å². The Morgan fingerprint density at radius 3 is 3.10 bits per heavy atom. The molecule has 6 nitrogen and oxygen atoms in total. The van der Waals surface area contributed by atoms with Gasteiger partial charge in [0.15, 0.2) is 5.82 Å². The first-order valence-electron chi connectivity index (χ1n) is 7.74. The molecule has 1 aromatic heterocycles. The van der Waals surface area contributed by atoms with Gasteiger partial charge in [0.25, 0.3) is 0 Å². The fraction of sp³-hybridized carbons (Fsp3) is 0.786. The summed E-state index contributed by atoms with van der Waals surface area (Å²) in [6.07, 6.45) is 6.70. The Hall–Kier alpha value is -1.43. The van der Waals surface area contributed by atoms with Crippen molar-refractivity contribution in [3.8, 4) is 0 Å². The third-order valence-electron chi connectivity index (χ3n) is 4.27. The molecule has 1 unspecified atom stereocenters. The van der Waals surface area contributed by atoms with Crippen LogP contribution >= 0.6 is 0 Å². The van der Waals surface area contributed by atoms with Crippen molar-refractivity contribution in [3.05, 3.63) is 11.6 Å². The number of nitrogens with zero attached hydrogens (tertiary/aromatic N) is 3. The fourth-order valence-corrected chi connectivity index (χ4v) is 3.06. The Balaban J connectivity index is 1.58. The number of hydrogen-bond donors (Lipinski definition) is 2. The molecule has 0 aliphatic carbocycles. The number of rotatable bonds is 3. The minimum absolute atomic E-state index is 0.107. The lowest BCUT2D eigenvalue weighted by Gasteiger charge is -2.21. The highest BCUT2D eigenvalue weighted by atomic mass is 16.1. The number of aromatic nitrogens is 3. The average Bonchev–Trinajstić information content (AvgIpc) is 2.72. The van der Waals surface area contributed by atoms with Crippen molar-refractivity contribution in [2.75, 3.05) is 13.1 Å². The van der Waals surface area contributed by atoms with Gasteiger partial charge in [-0.1, -0.05) is 6.42 Å². The van der Waals surface area contributed by atoms with Crippen molar-refractivity contribution in [1.82, 2.24) is 25.4 Å². The van der Waals surface area contributed by atoms with E-state index in [1.807, 2.05) is 0 Å². The van der Waals surface area contributed by atoms with Gasteiger partial charge in [-0.25, -0.2) is 0 Å². The molecule has 1 aromatic rings. The second-order valence-electron chi connectivity index (χ2n) is 5.76. The summed E-state index contributed by atoms with van der Waals surface area (Å²) in [6, 6.07) is 0. The highest BCUT2D eigenvalue weighted by Crippen LogP contribution is 2.15. The van der Waals surface area contributed by atoms with Crippen molar-refractivity contribution < 1.29 is 4.79 Å². The highest BCUT2D eigenvalue weighted by molar-refractivity contribution is 5.78. The molecule has 0 radical (unpaired) electrons. The number of hydrogen-bond acceptors (Lipinski definition) is 4. The predicted octanol–water partition coefficient (Wildman–Crippen LogP) is 0.620. The first-order chi connectivity index (χ1) is 9.84. The van der Waals surface area contributed by atoms with Crippen molar-refractivity contribution in [3.63, 3.8) is 0 Å². The lowest BCUT2D eigenvalue weighted by molar-refractivity contribution is -0.125. The maximum Gasteiger partial charge on any atom is 0.224 e.